The summed E-state index contributed by atoms with van der Waals surface area (Å²) >= 11 is 0. The van der Waals surface area contributed by atoms with Crippen LogP contribution in [0.25, 0.3) is 0 Å². The van der Waals surface area contributed by atoms with Crippen molar-refractivity contribution < 1.29 is 12.6 Å². The fourth-order valence-electron chi connectivity index (χ4n) is 2.45. The first kappa shape index (κ1) is 16.6. The minimum absolute atomic E-state index is 0.238. The Morgan fingerprint density at radius 2 is 1.33 bits per heavy atom. The van der Waals surface area contributed by atoms with Gasteiger partial charge >= 0.3 is 0 Å². The fraction of sp³-hybridized carbons (Fsp3) is 0.0526. The normalized spacial score (nSPS) is 12.7. The Morgan fingerprint density at radius 1 is 0.750 bits per heavy atom. The van der Waals surface area contributed by atoms with Gasteiger partial charge in [0.05, 0.1) is 20.6 Å². The van der Waals surface area contributed by atoms with E-state index in [9.17, 15) is 12.6 Å². The van der Waals surface area contributed by atoms with Gasteiger partial charge in [-0.1, -0.05) is 36.4 Å². The van der Waals surface area contributed by atoms with Crippen molar-refractivity contribution in [1.82, 2.24) is 0 Å². The number of hydrogen-bond donors (Lipinski definition) is 0. The SMILES string of the molecule is Cc1cc(S(=O)c2ccccc2)ccc1S(=O)(=O)c1ccccc1. The second-order valence-electron chi connectivity index (χ2n) is 5.33. The smallest absolute Gasteiger partial charge is 0.206 e. The highest BCUT2D eigenvalue weighted by molar-refractivity contribution is 7.91. The van der Waals surface area contributed by atoms with Crippen molar-refractivity contribution in [2.45, 2.75) is 26.5 Å². The summed E-state index contributed by atoms with van der Waals surface area (Å²) in [6, 6.07) is 22.2. The third kappa shape index (κ3) is 3.18. The second kappa shape index (κ2) is 6.71. The van der Waals surface area contributed by atoms with Gasteiger partial charge in [0.2, 0.25) is 9.84 Å². The van der Waals surface area contributed by atoms with Crippen LogP contribution in [-0.4, -0.2) is 12.6 Å². The number of benzene rings is 3. The third-order valence-electron chi connectivity index (χ3n) is 3.66. The quantitative estimate of drug-likeness (QED) is 0.710. The first-order valence-electron chi connectivity index (χ1n) is 7.38. The molecule has 3 aromatic carbocycles. The largest absolute Gasteiger partial charge is 0.249 e. The molecule has 0 aliphatic rings. The monoisotopic (exact) mass is 356 g/mol. The molecule has 0 aliphatic heterocycles. The first-order valence-corrected chi connectivity index (χ1v) is 10.0. The maximum atomic E-state index is 12.7. The van der Waals surface area contributed by atoms with Gasteiger partial charge in [0.1, 0.15) is 0 Å². The molecule has 122 valence electrons. The Labute approximate surface area is 144 Å². The van der Waals surface area contributed by atoms with E-state index < -0.39 is 20.6 Å². The Bertz CT molecular complexity index is 980. The highest BCUT2D eigenvalue weighted by Crippen LogP contribution is 2.26. The lowest BCUT2D eigenvalue weighted by Gasteiger charge is -2.10. The Balaban J connectivity index is 2.01. The third-order valence-corrected chi connectivity index (χ3v) is 6.97. The number of sulfone groups is 1. The van der Waals surface area contributed by atoms with Crippen LogP contribution in [0.1, 0.15) is 5.56 Å². The van der Waals surface area contributed by atoms with Gasteiger partial charge in [-0.3, -0.25) is 0 Å². The van der Waals surface area contributed by atoms with E-state index in [2.05, 4.69) is 0 Å². The highest BCUT2D eigenvalue weighted by atomic mass is 32.2. The van der Waals surface area contributed by atoms with E-state index in [0.29, 0.717) is 15.4 Å². The average Bonchev–Trinajstić information content (AvgIpc) is 2.62. The van der Waals surface area contributed by atoms with Crippen LogP contribution in [0.4, 0.5) is 0 Å². The van der Waals surface area contributed by atoms with Gasteiger partial charge in [0.15, 0.2) is 0 Å². The zero-order valence-corrected chi connectivity index (χ0v) is 14.7. The second-order valence-corrected chi connectivity index (χ2v) is 8.72. The molecule has 0 radical (unpaired) electrons. The molecule has 0 saturated carbocycles. The molecule has 3 rings (SSSR count). The molecule has 0 aromatic heterocycles. The molecular weight excluding hydrogens is 340 g/mol. The molecule has 0 N–H and O–H groups in total. The summed E-state index contributed by atoms with van der Waals surface area (Å²) in [4.78, 5) is 1.77. The van der Waals surface area contributed by atoms with Gasteiger partial charge in [-0.05, 0) is 55.0 Å². The van der Waals surface area contributed by atoms with E-state index in [-0.39, 0.29) is 9.79 Å². The van der Waals surface area contributed by atoms with Crippen LogP contribution in [-0.2, 0) is 20.6 Å². The summed E-state index contributed by atoms with van der Waals surface area (Å²) < 4.78 is 38.1. The van der Waals surface area contributed by atoms with Crippen LogP contribution in [0.5, 0.6) is 0 Å². The van der Waals surface area contributed by atoms with Crippen molar-refractivity contribution in [3.8, 4) is 0 Å². The summed E-state index contributed by atoms with van der Waals surface area (Å²) in [5, 5.41) is 0. The molecule has 0 spiro atoms. The van der Waals surface area contributed by atoms with Gasteiger partial charge < -0.3 is 0 Å². The molecule has 5 heteroatoms. The van der Waals surface area contributed by atoms with E-state index >= 15 is 0 Å². The standard InChI is InChI=1S/C19H16O3S2/c1-15-14-17(23(20)16-8-4-2-5-9-16)12-13-19(15)24(21,22)18-10-6-3-7-11-18/h2-14H,1H3. The molecule has 3 aromatic rings. The minimum Gasteiger partial charge on any atom is -0.249 e. The molecule has 1 atom stereocenters. The lowest BCUT2D eigenvalue weighted by molar-refractivity contribution is 0.595. The average molecular weight is 356 g/mol. The number of hydrogen-bond acceptors (Lipinski definition) is 3. The predicted octanol–water partition coefficient (Wildman–Crippen LogP) is 3.99. The van der Waals surface area contributed by atoms with E-state index in [1.165, 1.54) is 6.07 Å². The van der Waals surface area contributed by atoms with Crippen LogP contribution >= 0.6 is 0 Å². The molecular formula is C19H16O3S2. The molecule has 1 unspecified atom stereocenters. The molecule has 0 aliphatic carbocycles. The Hall–Kier alpha value is -2.24. The summed E-state index contributed by atoms with van der Waals surface area (Å²) in [6.07, 6.45) is 0. The van der Waals surface area contributed by atoms with E-state index in [1.54, 1.807) is 61.5 Å². The van der Waals surface area contributed by atoms with Crippen molar-refractivity contribution in [3.05, 3.63) is 84.4 Å². The topological polar surface area (TPSA) is 51.2 Å². The molecule has 0 bridgehead atoms. The fourth-order valence-corrected chi connectivity index (χ4v) is 5.10. The van der Waals surface area contributed by atoms with Crippen molar-refractivity contribution in [3.63, 3.8) is 0 Å². The first-order chi connectivity index (χ1) is 11.5. The van der Waals surface area contributed by atoms with Crippen molar-refractivity contribution >= 4 is 20.6 Å². The number of aryl methyl sites for hydroxylation is 1. The predicted molar refractivity (Wildman–Crippen MR) is 94.2 cm³/mol. The van der Waals surface area contributed by atoms with E-state index in [4.69, 9.17) is 0 Å². The molecule has 0 saturated heterocycles. The van der Waals surface area contributed by atoms with Crippen molar-refractivity contribution in [1.29, 1.82) is 0 Å². The Morgan fingerprint density at radius 3 is 1.92 bits per heavy atom. The van der Waals surface area contributed by atoms with Gasteiger partial charge in [-0.2, -0.15) is 0 Å². The van der Waals surface area contributed by atoms with Crippen LogP contribution in [0.15, 0.2) is 98.4 Å². The molecule has 24 heavy (non-hydrogen) atoms. The zero-order valence-electron chi connectivity index (χ0n) is 13.0. The molecule has 0 amide bonds. The lowest BCUT2D eigenvalue weighted by atomic mass is 10.2. The zero-order chi connectivity index (χ0) is 17.2. The maximum Gasteiger partial charge on any atom is 0.206 e. The van der Waals surface area contributed by atoms with Crippen molar-refractivity contribution in [2.75, 3.05) is 0 Å². The van der Waals surface area contributed by atoms with Gasteiger partial charge in [0, 0.05) is 9.79 Å². The van der Waals surface area contributed by atoms with Crippen LogP contribution in [0, 0.1) is 6.92 Å². The summed E-state index contributed by atoms with van der Waals surface area (Å²) in [6.45, 7) is 1.72. The van der Waals surface area contributed by atoms with Crippen LogP contribution in [0.2, 0.25) is 0 Å². The lowest BCUT2D eigenvalue weighted by Crippen LogP contribution is -2.05. The minimum atomic E-state index is -3.58. The van der Waals surface area contributed by atoms with Crippen LogP contribution < -0.4 is 0 Å². The summed E-state index contributed by atoms with van der Waals surface area (Å²) in [5.74, 6) is 0. The van der Waals surface area contributed by atoms with Gasteiger partial charge in [0.25, 0.3) is 0 Å². The molecule has 3 nitrogen and oxygen atoms in total. The summed E-state index contributed by atoms with van der Waals surface area (Å²) in [7, 11) is -4.91. The Kier molecular flexibility index (Phi) is 4.64. The van der Waals surface area contributed by atoms with E-state index in [1.807, 2.05) is 18.2 Å². The van der Waals surface area contributed by atoms with Gasteiger partial charge in [-0.15, -0.1) is 0 Å². The van der Waals surface area contributed by atoms with Gasteiger partial charge in [-0.25, -0.2) is 12.6 Å². The van der Waals surface area contributed by atoms with Crippen molar-refractivity contribution in [2.24, 2.45) is 0 Å². The van der Waals surface area contributed by atoms with E-state index in [0.717, 1.165) is 0 Å². The maximum absolute atomic E-state index is 12.7. The summed E-state index contributed by atoms with van der Waals surface area (Å²) in [5.41, 5.74) is 0.584. The molecule has 0 heterocycles. The highest BCUT2D eigenvalue weighted by Gasteiger charge is 2.20. The number of rotatable bonds is 4. The van der Waals surface area contributed by atoms with Crippen LogP contribution in [0.3, 0.4) is 0 Å². The molecule has 0 fully saturated rings.